The first-order valence-corrected chi connectivity index (χ1v) is 10.6. The zero-order chi connectivity index (χ0) is 20.4. The third kappa shape index (κ3) is 4.12. The molecule has 0 aliphatic carbocycles. The second-order valence-corrected chi connectivity index (χ2v) is 8.53. The highest BCUT2D eigenvalue weighted by molar-refractivity contribution is 5.76. The van der Waals surface area contributed by atoms with Gasteiger partial charge in [0.05, 0.1) is 11.0 Å². The smallest absolute Gasteiger partial charge is 0.117 e. The largest absolute Gasteiger partial charge is 0.323 e. The van der Waals surface area contributed by atoms with Crippen LogP contribution in [0.4, 0.5) is 0 Å². The molecule has 2 heteroatoms. The van der Waals surface area contributed by atoms with E-state index in [1.807, 2.05) is 0 Å². The van der Waals surface area contributed by atoms with Crippen molar-refractivity contribution in [2.45, 2.75) is 46.6 Å². The maximum absolute atomic E-state index is 5.05. The Morgan fingerprint density at radius 2 is 1.52 bits per heavy atom. The molecule has 0 saturated carbocycles. The molecule has 29 heavy (non-hydrogen) atoms. The number of fused-ring (bicyclic) bond motifs is 1. The minimum atomic E-state index is 0.236. The van der Waals surface area contributed by atoms with Gasteiger partial charge in [-0.3, -0.25) is 0 Å². The molecule has 1 atom stereocenters. The Hall–Kier alpha value is -2.87. The van der Waals surface area contributed by atoms with E-state index in [1.54, 1.807) is 0 Å². The fourth-order valence-corrected chi connectivity index (χ4v) is 4.11. The third-order valence-electron chi connectivity index (χ3n) is 5.78. The fraction of sp³-hybridized carbons (Fsp3) is 0.296. The van der Waals surface area contributed by atoms with Gasteiger partial charge in [-0.05, 0) is 53.6 Å². The molecule has 0 aliphatic heterocycles. The van der Waals surface area contributed by atoms with Gasteiger partial charge in [0.15, 0.2) is 0 Å². The van der Waals surface area contributed by atoms with Gasteiger partial charge in [-0.25, -0.2) is 4.98 Å². The van der Waals surface area contributed by atoms with Gasteiger partial charge in [-0.15, -0.1) is 0 Å². The first kappa shape index (κ1) is 19.4. The third-order valence-corrected chi connectivity index (χ3v) is 5.78. The lowest BCUT2D eigenvalue weighted by molar-refractivity contribution is 0.646. The van der Waals surface area contributed by atoms with Crippen molar-refractivity contribution in [2.24, 2.45) is 5.92 Å². The zero-order valence-electron chi connectivity index (χ0n) is 17.9. The number of nitrogens with zero attached hydrogens (tertiary/aromatic N) is 2. The summed E-state index contributed by atoms with van der Waals surface area (Å²) >= 11 is 0. The second kappa shape index (κ2) is 8.24. The summed E-state index contributed by atoms with van der Waals surface area (Å²) in [6.45, 7) is 9.84. The van der Waals surface area contributed by atoms with E-state index in [9.17, 15) is 0 Å². The van der Waals surface area contributed by atoms with Gasteiger partial charge in [0.1, 0.15) is 5.82 Å². The number of aryl methyl sites for hydroxylation is 1. The summed E-state index contributed by atoms with van der Waals surface area (Å²) in [5.41, 5.74) is 7.66. The van der Waals surface area contributed by atoms with Gasteiger partial charge in [-0.1, -0.05) is 81.4 Å². The van der Waals surface area contributed by atoms with Gasteiger partial charge in [-0.2, -0.15) is 0 Å². The van der Waals surface area contributed by atoms with E-state index in [0.29, 0.717) is 5.92 Å². The highest BCUT2D eigenvalue weighted by atomic mass is 15.1. The predicted molar refractivity (Wildman–Crippen MR) is 123 cm³/mol. The van der Waals surface area contributed by atoms with Gasteiger partial charge in [0.25, 0.3) is 0 Å². The van der Waals surface area contributed by atoms with Crippen molar-refractivity contribution in [3.05, 3.63) is 101 Å². The summed E-state index contributed by atoms with van der Waals surface area (Å²) in [6.07, 6.45) is 1.13. The van der Waals surface area contributed by atoms with Crippen molar-refractivity contribution < 1.29 is 0 Å². The number of imidazole rings is 1. The van der Waals surface area contributed by atoms with Crippen LogP contribution in [0.1, 0.15) is 54.8 Å². The molecule has 0 saturated heterocycles. The molecule has 4 aromatic rings. The molecule has 3 aromatic carbocycles. The average Bonchev–Trinajstić information content (AvgIpc) is 3.08. The van der Waals surface area contributed by atoms with Crippen LogP contribution in [0.3, 0.4) is 0 Å². The van der Waals surface area contributed by atoms with E-state index in [1.165, 1.54) is 27.8 Å². The van der Waals surface area contributed by atoms with E-state index < -0.39 is 0 Å². The summed E-state index contributed by atoms with van der Waals surface area (Å²) in [5, 5.41) is 0. The maximum Gasteiger partial charge on any atom is 0.117 e. The van der Waals surface area contributed by atoms with Crippen molar-refractivity contribution >= 4 is 11.0 Å². The Bertz CT molecular complexity index is 1100. The average molecular weight is 383 g/mol. The lowest BCUT2D eigenvalue weighted by Crippen LogP contribution is -2.10. The van der Waals surface area contributed by atoms with Gasteiger partial charge in [0.2, 0.25) is 0 Å². The molecule has 0 aliphatic rings. The van der Waals surface area contributed by atoms with Gasteiger partial charge < -0.3 is 4.57 Å². The van der Waals surface area contributed by atoms with E-state index in [2.05, 4.69) is 105 Å². The Morgan fingerprint density at radius 3 is 2.24 bits per heavy atom. The monoisotopic (exact) mass is 382 g/mol. The van der Waals surface area contributed by atoms with Gasteiger partial charge >= 0.3 is 0 Å². The summed E-state index contributed by atoms with van der Waals surface area (Å²) in [5.74, 6) is 2.04. The maximum atomic E-state index is 5.05. The van der Waals surface area contributed by atoms with E-state index >= 15 is 0 Å². The standard InChI is InChI=1S/C27H30N2/c1-19(2)17-22-13-15-23(16-14-22)21(4)27-28-25-11-7-8-12-26(25)29(27)18-24-10-6-5-9-20(24)3/h5-16,19,21H,17-18H2,1-4H3/t21-/m0/s1. The molecule has 1 aromatic heterocycles. The minimum Gasteiger partial charge on any atom is -0.323 e. The van der Waals surface area contributed by atoms with Crippen LogP contribution < -0.4 is 0 Å². The molecule has 2 nitrogen and oxygen atoms in total. The number of hydrogen-bond donors (Lipinski definition) is 0. The Balaban J connectivity index is 1.74. The Kier molecular flexibility index (Phi) is 5.53. The molecule has 148 valence electrons. The molecular weight excluding hydrogens is 352 g/mol. The Labute approximate surface area is 174 Å². The van der Waals surface area contributed by atoms with Crippen LogP contribution in [0, 0.1) is 12.8 Å². The molecule has 0 fully saturated rings. The number of benzene rings is 3. The molecule has 0 radical (unpaired) electrons. The molecule has 1 heterocycles. The van der Waals surface area contributed by atoms with Gasteiger partial charge in [0, 0.05) is 12.5 Å². The second-order valence-electron chi connectivity index (χ2n) is 8.53. The van der Waals surface area contributed by atoms with Crippen LogP contribution in [0.15, 0.2) is 72.8 Å². The highest BCUT2D eigenvalue weighted by Crippen LogP contribution is 2.29. The van der Waals surface area contributed by atoms with Crippen LogP contribution in [0.2, 0.25) is 0 Å². The van der Waals surface area contributed by atoms with E-state index in [4.69, 9.17) is 4.98 Å². The van der Waals surface area contributed by atoms with E-state index in [-0.39, 0.29) is 5.92 Å². The summed E-state index contributed by atoms with van der Waals surface area (Å²) in [7, 11) is 0. The van der Waals surface area contributed by atoms with Crippen molar-refractivity contribution in [1.29, 1.82) is 0 Å². The Morgan fingerprint density at radius 1 is 0.828 bits per heavy atom. The quantitative estimate of drug-likeness (QED) is 0.361. The lowest BCUT2D eigenvalue weighted by Gasteiger charge is -2.17. The summed E-state index contributed by atoms with van der Waals surface area (Å²) in [4.78, 5) is 5.05. The lowest BCUT2D eigenvalue weighted by atomic mass is 9.96. The SMILES string of the molecule is Cc1ccccc1Cn1c([C@@H](C)c2ccc(CC(C)C)cc2)nc2ccccc21. The van der Waals surface area contributed by atoms with Crippen LogP contribution in [-0.4, -0.2) is 9.55 Å². The molecule has 0 amide bonds. The highest BCUT2D eigenvalue weighted by Gasteiger charge is 2.19. The molecule has 0 N–H and O–H groups in total. The summed E-state index contributed by atoms with van der Waals surface area (Å²) in [6, 6.07) is 26.2. The molecule has 0 unspecified atom stereocenters. The molecule has 0 bridgehead atoms. The van der Waals surface area contributed by atoms with E-state index in [0.717, 1.165) is 24.3 Å². The first-order valence-electron chi connectivity index (χ1n) is 10.6. The van der Waals surface area contributed by atoms with Crippen molar-refractivity contribution in [3.63, 3.8) is 0 Å². The van der Waals surface area contributed by atoms with Crippen molar-refractivity contribution in [1.82, 2.24) is 9.55 Å². The number of hydrogen-bond acceptors (Lipinski definition) is 1. The number of para-hydroxylation sites is 2. The zero-order valence-corrected chi connectivity index (χ0v) is 17.9. The first-order chi connectivity index (χ1) is 14.0. The van der Waals surface area contributed by atoms with Crippen molar-refractivity contribution in [2.75, 3.05) is 0 Å². The number of rotatable bonds is 6. The van der Waals surface area contributed by atoms with Crippen LogP contribution >= 0.6 is 0 Å². The topological polar surface area (TPSA) is 17.8 Å². The molecular formula is C27H30N2. The fourth-order valence-electron chi connectivity index (χ4n) is 4.11. The van der Waals surface area contributed by atoms with Crippen LogP contribution in [0.5, 0.6) is 0 Å². The van der Waals surface area contributed by atoms with Crippen molar-refractivity contribution in [3.8, 4) is 0 Å². The number of aromatic nitrogens is 2. The normalized spacial score (nSPS) is 12.6. The van der Waals surface area contributed by atoms with Crippen LogP contribution in [-0.2, 0) is 13.0 Å². The minimum absolute atomic E-state index is 0.236. The molecule has 0 spiro atoms. The van der Waals surface area contributed by atoms with Crippen LogP contribution in [0.25, 0.3) is 11.0 Å². The predicted octanol–water partition coefficient (Wildman–Crippen LogP) is 6.74. The molecule has 4 rings (SSSR count). The summed E-state index contributed by atoms with van der Waals surface area (Å²) < 4.78 is 2.39.